The van der Waals surface area contributed by atoms with Gasteiger partial charge in [-0.05, 0) is 13.8 Å². The van der Waals surface area contributed by atoms with Gasteiger partial charge in [-0.2, -0.15) is 0 Å². The molecule has 2 rings (SSSR count). The Morgan fingerprint density at radius 3 is 2.32 bits per heavy atom. The highest BCUT2D eigenvalue weighted by atomic mass is 16.5. The molecule has 0 aromatic heterocycles. The van der Waals surface area contributed by atoms with E-state index in [1.54, 1.807) is 27.4 Å². The summed E-state index contributed by atoms with van der Waals surface area (Å²) < 4.78 is 22.1. The topological polar surface area (TPSA) is 62.9 Å². The monoisotopic (exact) mass is 267 g/mol. The zero-order valence-electron chi connectivity index (χ0n) is 12.1. The summed E-state index contributed by atoms with van der Waals surface area (Å²) >= 11 is 0. The van der Waals surface area contributed by atoms with Crippen molar-refractivity contribution in [2.75, 3.05) is 21.3 Å². The average Bonchev–Trinajstić information content (AvgIpc) is 2.34. The van der Waals surface area contributed by atoms with Crippen LogP contribution in [0.5, 0.6) is 23.0 Å². The van der Waals surface area contributed by atoms with Crippen LogP contribution in [0.4, 0.5) is 0 Å². The zero-order valence-corrected chi connectivity index (χ0v) is 12.1. The van der Waals surface area contributed by atoms with E-state index in [0.29, 0.717) is 29.4 Å². The maximum absolute atomic E-state index is 6.26. The van der Waals surface area contributed by atoms with E-state index in [1.807, 2.05) is 13.8 Å². The van der Waals surface area contributed by atoms with Crippen LogP contribution in [0.1, 0.15) is 31.9 Å². The number of nitrogens with two attached hydrogens (primary N) is 1. The largest absolute Gasteiger partial charge is 0.493 e. The van der Waals surface area contributed by atoms with E-state index in [1.165, 1.54) is 0 Å². The molecule has 1 atom stereocenters. The zero-order chi connectivity index (χ0) is 14.2. The molecule has 5 heteroatoms. The molecular formula is C14H21NO4. The summed E-state index contributed by atoms with van der Waals surface area (Å²) in [6.07, 6.45) is 0.714. The van der Waals surface area contributed by atoms with Crippen LogP contribution in [0.15, 0.2) is 6.07 Å². The molecule has 2 N–H and O–H groups in total. The van der Waals surface area contributed by atoms with Crippen LogP contribution in [-0.4, -0.2) is 26.9 Å². The van der Waals surface area contributed by atoms with Crippen molar-refractivity contribution in [1.29, 1.82) is 0 Å². The highest BCUT2D eigenvalue weighted by molar-refractivity contribution is 5.63. The summed E-state index contributed by atoms with van der Waals surface area (Å²) in [7, 11) is 4.74. The van der Waals surface area contributed by atoms with Crippen LogP contribution in [0.3, 0.4) is 0 Å². The number of hydrogen-bond donors (Lipinski definition) is 1. The molecule has 1 aromatic carbocycles. The van der Waals surface area contributed by atoms with Crippen molar-refractivity contribution in [2.45, 2.75) is 31.9 Å². The summed E-state index contributed by atoms with van der Waals surface area (Å²) in [6.45, 7) is 4.03. The first kappa shape index (κ1) is 13.8. The number of rotatable bonds is 3. The smallest absolute Gasteiger partial charge is 0.203 e. The van der Waals surface area contributed by atoms with Gasteiger partial charge in [-0.15, -0.1) is 0 Å². The van der Waals surface area contributed by atoms with Gasteiger partial charge in [-0.3, -0.25) is 0 Å². The molecule has 0 bridgehead atoms. The van der Waals surface area contributed by atoms with Crippen LogP contribution in [0.25, 0.3) is 0 Å². The van der Waals surface area contributed by atoms with E-state index in [0.717, 1.165) is 5.56 Å². The molecule has 5 nitrogen and oxygen atoms in total. The molecule has 106 valence electrons. The van der Waals surface area contributed by atoms with Gasteiger partial charge < -0.3 is 24.7 Å². The molecule has 0 saturated heterocycles. The van der Waals surface area contributed by atoms with Crippen molar-refractivity contribution in [3.05, 3.63) is 11.6 Å². The Morgan fingerprint density at radius 2 is 1.79 bits per heavy atom. The first-order chi connectivity index (χ1) is 8.93. The second-order valence-corrected chi connectivity index (χ2v) is 5.23. The van der Waals surface area contributed by atoms with E-state index in [-0.39, 0.29) is 11.6 Å². The van der Waals surface area contributed by atoms with Gasteiger partial charge in [-0.1, -0.05) is 0 Å². The fraction of sp³-hybridized carbons (Fsp3) is 0.571. The summed E-state index contributed by atoms with van der Waals surface area (Å²) in [6, 6.07) is 1.64. The summed E-state index contributed by atoms with van der Waals surface area (Å²) in [5, 5.41) is 0. The number of methoxy groups -OCH3 is 3. The second-order valence-electron chi connectivity index (χ2n) is 5.23. The molecule has 0 radical (unpaired) electrons. The molecule has 0 aliphatic carbocycles. The van der Waals surface area contributed by atoms with Crippen molar-refractivity contribution in [3.8, 4) is 23.0 Å². The molecule has 1 aliphatic heterocycles. The van der Waals surface area contributed by atoms with Crippen molar-refractivity contribution in [3.63, 3.8) is 0 Å². The fourth-order valence-electron chi connectivity index (χ4n) is 2.56. The maximum Gasteiger partial charge on any atom is 0.203 e. The van der Waals surface area contributed by atoms with Gasteiger partial charge in [0.25, 0.3) is 0 Å². The van der Waals surface area contributed by atoms with Crippen molar-refractivity contribution >= 4 is 0 Å². The van der Waals surface area contributed by atoms with Crippen LogP contribution in [0.2, 0.25) is 0 Å². The van der Waals surface area contributed by atoms with Gasteiger partial charge in [0.15, 0.2) is 11.5 Å². The van der Waals surface area contributed by atoms with Crippen LogP contribution in [0, 0.1) is 0 Å². The van der Waals surface area contributed by atoms with Gasteiger partial charge >= 0.3 is 0 Å². The predicted octanol–water partition coefficient (Wildman–Crippen LogP) is 2.27. The molecule has 1 unspecified atom stereocenters. The molecule has 0 spiro atoms. The fourth-order valence-corrected chi connectivity index (χ4v) is 2.56. The Hall–Kier alpha value is -1.62. The van der Waals surface area contributed by atoms with E-state index < -0.39 is 0 Å². The predicted molar refractivity (Wildman–Crippen MR) is 72.4 cm³/mol. The molecule has 1 aliphatic rings. The van der Waals surface area contributed by atoms with E-state index in [9.17, 15) is 0 Å². The summed E-state index contributed by atoms with van der Waals surface area (Å²) in [4.78, 5) is 0. The van der Waals surface area contributed by atoms with Crippen molar-refractivity contribution in [1.82, 2.24) is 0 Å². The van der Waals surface area contributed by atoms with Crippen LogP contribution < -0.4 is 24.7 Å². The Balaban J connectivity index is 2.66. The van der Waals surface area contributed by atoms with Crippen molar-refractivity contribution < 1.29 is 18.9 Å². The quantitative estimate of drug-likeness (QED) is 0.910. The van der Waals surface area contributed by atoms with Gasteiger partial charge in [0.05, 0.1) is 26.9 Å². The van der Waals surface area contributed by atoms with Gasteiger partial charge in [-0.25, -0.2) is 0 Å². The standard InChI is InChI=1S/C14H21NO4/c1-14(2)7-8(15)11-9(19-14)6-10(16-3)12(17-4)13(11)18-5/h6,8H,7,15H2,1-5H3. The van der Waals surface area contributed by atoms with Gasteiger partial charge in [0.1, 0.15) is 11.4 Å². The van der Waals surface area contributed by atoms with Crippen LogP contribution in [-0.2, 0) is 0 Å². The highest BCUT2D eigenvalue weighted by Crippen LogP contribution is 2.51. The molecule has 19 heavy (non-hydrogen) atoms. The van der Waals surface area contributed by atoms with Crippen molar-refractivity contribution in [2.24, 2.45) is 5.73 Å². The number of hydrogen-bond acceptors (Lipinski definition) is 5. The van der Waals surface area contributed by atoms with E-state index in [2.05, 4.69) is 0 Å². The highest BCUT2D eigenvalue weighted by Gasteiger charge is 2.36. The lowest BCUT2D eigenvalue weighted by Crippen LogP contribution is -2.37. The minimum absolute atomic E-state index is 0.159. The Morgan fingerprint density at radius 1 is 1.16 bits per heavy atom. The van der Waals surface area contributed by atoms with Gasteiger partial charge in [0, 0.05) is 18.5 Å². The minimum atomic E-state index is -0.309. The molecule has 1 aromatic rings. The Kier molecular flexibility index (Phi) is 3.49. The molecule has 0 fully saturated rings. The Labute approximate surface area is 113 Å². The van der Waals surface area contributed by atoms with Crippen LogP contribution >= 0.6 is 0 Å². The number of ether oxygens (including phenoxy) is 4. The normalized spacial score (nSPS) is 20.2. The maximum atomic E-state index is 6.26. The lowest BCUT2D eigenvalue weighted by molar-refractivity contribution is 0.0709. The third-order valence-electron chi connectivity index (χ3n) is 3.30. The van der Waals surface area contributed by atoms with E-state index in [4.69, 9.17) is 24.7 Å². The first-order valence-electron chi connectivity index (χ1n) is 6.21. The summed E-state index contributed by atoms with van der Waals surface area (Å²) in [5.41, 5.74) is 6.78. The molecule has 1 heterocycles. The lowest BCUT2D eigenvalue weighted by atomic mass is 9.89. The van der Waals surface area contributed by atoms with E-state index >= 15 is 0 Å². The average molecular weight is 267 g/mol. The summed E-state index contributed by atoms with van der Waals surface area (Å²) in [5.74, 6) is 2.39. The molecule has 0 saturated carbocycles. The number of benzene rings is 1. The second kappa shape index (κ2) is 4.81. The molecular weight excluding hydrogens is 246 g/mol. The SMILES string of the molecule is COc1cc2c(c(OC)c1OC)C(N)CC(C)(C)O2. The molecule has 0 amide bonds. The Bertz CT molecular complexity index is 485. The number of fused-ring (bicyclic) bond motifs is 1. The van der Waals surface area contributed by atoms with Gasteiger partial charge in [0.2, 0.25) is 5.75 Å². The minimum Gasteiger partial charge on any atom is -0.493 e. The lowest BCUT2D eigenvalue weighted by Gasteiger charge is -2.37. The first-order valence-corrected chi connectivity index (χ1v) is 6.21. The third-order valence-corrected chi connectivity index (χ3v) is 3.30. The third kappa shape index (κ3) is 2.30.